The van der Waals surface area contributed by atoms with E-state index in [1.165, 1.54) is 34.6 Å². The Balaban J connectivity index is 1.79. The zero-order valence-electron chi connectivity index (χ0n) is 18.5. The van der Waals surface area contributed by atoms with Crippen LogP contribution < -0.4 is 5.32 Å². The molecule has 2 aromatic rings. The Bertz CT molecular complexity index is 1080. The lowest BCUT2D eigenvalue weighted by Gasteiger charge is -2.30. The van der Waals surface area contributed by atoms with Gasteiger partial charge in [-0.2, -0.15) is 4.31 Å². The Kier molecular flexibility index (Phi) is 7.92. The molecule has 0 aliphatic carbocycles. The Labute approximate surface area is 194 Å². The third kappa shape index (κ3) is 5.67. The number of sulfonamides is 1. The van der Waals surface area contributed by atoms with E-state index >= 15 is 0 Å². The Hall–Kier alpha value is -2.00. The Morgan fingerprint density at radius 2 is 2.03 bits per heavy atom. The summed E-state index contributed by atoms with van der Waals surface area (Å²) in [5.74, 6) is -0.497. The van der Waals surface area contributed by atoms with Gasteiger partial charge in [0.2, 0.25) is 10.0 Å². The van der Waals surface area contributed by atoms with Crippen molar-refractivity contribution in [3.05, 3.63) is 64.4 Å². The molecule has 1 fully saturated rings. The maximum atomic E-state index is 13.6. The minimum absolute atomic E-state index is 0.0600. The summed E-state index contributed by atoms with van der Waals surface area (Å²) >= 11 is 6.23. The molecular formula is C23H29ClFN3O3S. The van der Waals surface area contributed by atoms with Crippen molar-refractivity contribution in [3.63, 3.8) is 0 Å². The van der Waals surface area contributed by atoms with Crippen molar-refractivity contribution in [3.8, 4) is 0 Å². The van der Waals surface area contributed by atoms with E-state index < -0.39 is 15.9 Å². The van der Waals surface area contributed by atoms with Crippen LogP contribution in [0.4, 0.5) is 4.39 Å². The second-order valence-corrected chi connectivity index (χ2v) is 10.8. The molecule has 0 spiro atoms. The monoisotopic (exact) mass is 481 g/mol. The predicted octanol–water partition coefficient (Wildman–Crippen LogP) is 3.93. The number of rotatable bonds is 7. The fourth-order valence-electron chi connectivity index (χ4n) is 3.95. The lowest BCUT2D eigenvalue weighted by Crippen LogP contribution is -2.39. The van der Waals surface area contributed by atoms with Crippen LogP contribution in [0.25, 0.3) is 0 Å². The van der Waals surface area contributed by atoms with Gasteiger partial charge in [-0.25, -0.2) is 12.8 Å². The van der Waals surface area contributed by atoms with Crippen LogP contribution >= 0.6 is 11.6 Å². The number of hydrogen-bond acceptors (Lipinski definition) is 4. The third-order valence-corrected chi connectivity index (χ3v) is 8.09. The fraction of sp³-hybridized carbons (Fsp3) is 0.435. The van der Waals surface area contributed by atoms with Crippen LogP contribution in [0.15, 0.2) is 47.4 Å². The first-order valence-electron chi connectivity index (χ1n) is 10.6. The SMILES string of the molecule is C[C@@H]1CCCN(S(=O)(=O)c2cc(C(=O)NC[C@@H](c3cccc(F)c3)N(C)C)ccc2Cl)C1. The molecule has 1 amide bonds. The van der Waals surface area contributed by atoms with Gasteiger partial charge in [-0.1, -0.05) is 30.7 Å². The number of likely N-dealkylation sites (N-methyl/N-ethyl adjacent to an activating group) is 1. The van der Waals surface area contributed by atoms with E-state index in [2.05, 4.69) is 5.32 Å². The van der Waals surface area contributed by atoms with E-state index in [1.54, 1.807) is 12.1 Å². The number of amides is 1. The average molecular weight is 482 g/mol. The largest absolute Gasteiger partial charge is 0.350 e. The molecule has 32 heavy (non-hydrogen) atoms. The number of halogens is 2. The van der Waals surface area contributed by atoms with Gasteiger partial charge in [-0.3, -0.25) is 4.79 Å². The van der Waals surface area contributed by atoms with Gasteiger partial charge in [-0.05, 0) is 68.8 Å². The van der Waals surface area contributed by atoms with E-state index in [9.17, 15) is 17.6 Å². The molecule has 1 aliphatic heterocycles. The van der Waals surface area contributed by atoms with Crippen LogP contribution in [0.5, 0.6) is 0 Å². The topological polar surface area (TPSA) is 69.7 Å². The lowest BCUT2D eigenvalue weighted by molar-refractivity contribution is 0.0941. The zero-order chi connectivity index (χ0) is 23.5. The summed E-state index contributed by atoms with van der Waals surface area (Å²) in [6.45, 7) is 3.13. The molecule has 174 valence electrons. The zero-order valence-corrected chi connectivity index (χ0v) is 20.1. The van der Waals surface area contributed by atoms with Crippen LogP contribution in [0, 0.1) is 11.7 Å². The molecule has 0 radical (unpaired) electrons. The molecule has 1 N–H and O–H groups in total. The molecule has 1 heterocycles. The lowest BCUT2D eigenvalue weighted by atomic mass is 10.0. The van der Waals surface area contributed by atoms with Crippen molar-refractivity contribution < 1.29 is 17.6 Å². The standard InChI is InChI=1S/C23H29ClFN3O3S/c1-16-6-5-11-28(15-16)32(30,31)22-13-18(9-10-20(22)24)23(29)26-14-21(27(2)3)17-7-4-8-19(25)12-17/h4,7-10,12-13,16,21H,5-6,11,14-15H2,1-3H3,(H,26,29)/t16-,21+/m1/s1. The second kappa shape index (κ2) is 10.3. The first-order valence-corrected chi connectivity index (χ1v) is 12.4. The van der Waals surface area contributed by atoms with Gasteiger partial charge in [0, 0.05) is 25.2 Å². The average Bonchev–Trinajstić information content (AvgIpc) is 2.73. The summed E-state index contributed by atoms with van der Waals surface area (Å²) in [4.78, 5) is 14.7. The number of nitrogens with zero attached hydrogens (tertiary/aromatic N) is 2. The number of piperidine rings is 1. The van der Waals surface area contributed by atoms with Gasteiger partial charge in [-0.15, -0.1) is 0 Å². The van der Waals surface area contributed by atoms with Crippen LogP contribution in [-0.4, -0.2) is 57.3 Å². The molecule has 2 atom stereocenters. The first-order chi connectivity index (χ1) is 15.1. The van der Waals surface area contributed by atoms with E-state index in [1.807, 2.05) is 25.9 Å². The van der Waals surface area contributed by atoms with Crippen molar-refractivity contribution in [1.82, 2.24) is 14.5 Å². The van der Waals surface area contributed by atoms with Gasteiger partial charge in [0.15, 0.2) is 0 Å². The van der Waals surface area contributed by atoms with E-state index in [4.69, 9.17) is 11.6 Å². The number of carbonyl (C=O) groups is 1. The number of nitrogens with one attached hydrogen (secondary N) is 1. The summed E-state index contributed by atoms with van der Waals surface area (Å²) in [6, 6.07) is 10.2. The molecule has 0 bridgehead atoms. The predicted molar refractivity (Wildman–Crippen MR) is 124 cm³/mol. The summed E-state index contributed by atoms with van der Waals surface area (Å²) < 4.78 is 41.4. The molecular weight excluding hydrogens is 453 g/mol. The molecule has 1 aliphatic rings. The molecule has 0 aromatic heterocycles. The van der Waals surface area contributed by atoms with Crippen molar-refractivity contribution >= 4 is 27.5 Å². The van der Waals surface area contributed by atoms with Crippen molar-refractivity contribution in [1.29, 1.82) is 0 Å². The van der Waals surface area contributed by atoms with Crippen molar-refractivity contribution in [2.45, 2.75) is 30.7 Å². The van der Waals surface area contributed by atoms with Gasteiger partial charge in [0.25, 0.3) is 5.91 Å². The molecule has 0 unspecified atom stereocenters. The highest BCUT2D eigenvalue weighted by Crippen LogP contribution is 2.29. The summed E-state index contributed by atoms with van der Waals surface area (Å²) in [5.41, 5.74) is 0.934. The Morgan fingerprint density at radius 3 is 2.69 bits per heavy atom. The third-order valence-electron chi connectivity index (χ3n) is 5.74. The molecule has 6 nitrogen and oxygen atoms in total. The highest BCUT2D eigenvalue weighted by Gasteiger charge is 2.31. The van der Waals surface area contributed by atoms with Gasteiger partial charge in [0.1, 0.15) is 10.7 Å². The minimum Gasteiger partial charge on any atom is -0.350 e. The highest BCUT2D eigenvalue weighted by molar-refractivity contribution is 7.89. The molecule has 1 saturated heterocycles. The van der Waals surface area contributed by atoms with Gasteiger partial charge >= 0.3 is 0 Å². The minimum atomic E-state index is -3.80. The highest BCUT2D eigenvalue weighted by atomic mass is 35.5. The smallest absolute Gasteiger partial charge is 0.251 e. The van der Waals surface area contributed by atoms with E-state index in [0.717, 1.165) is 18.4 Å². The van der Waals surface area contributed by atoms with Crippen LogP contribution in [0.1, 0.15) is 41.7 Å². The Morgan fingerprint density at radius 1 is 1.28 bits per heavy atom. The molecule has 2 aromatic carbocycles. The molecule has 0 saturated carbocycles. The van der Waals surface area contributed by atoms with Crippen LogP contribution in [-0.2, 0) is 10.0 Å². The van der Waals surface area contributed by atoms with Gasteiger partial charge in [0.05, 0.1) is 11.1 Å². The summed E-state index contributed by atoms with van der Waals surface area (Å²) in [7, 11) is -0.119. The second-order valence-electron chi connectivity index (χ2n) is 8.50. The van der Waals surface area contributed by atoms with Crippen LogP contribution in [0.3, 0.4) is 0 Å². The van der Waals surface area contributed by atoms with E-state index in [-0.39, 0.29) is 39.8 Å². The van der Waals surface area contributed by atoms with Crippen molar-refractivity contribution in [2.75, 3.05) is 33.7 Å². The fourth-order valence-corrected chi connectivity index (χ4v) is 6.05. The number of hydrogen-bond donors (Lipinski definition) is 1. The normalized spacial score (nSPS) is 18.5. The van der Waals surface area contributed by atoms with Gasteiger partial charge < -0.3 is 10.2 Å². The maximum Gasteiger partial charge on any atom is 0.251 e. The van der Waals surface area contributed by atoms with Crippen LogP contribution in [0.2, 0.25) is 5.02 Å². The molecule has 3 rings (SSSR count). The number of carbonyl (C=O) groups excluding carboxylic acids is 1. The quantitative estimate of drug-likeness (QED) is 0.650. The number of benzene rings is 2. The summed E-state index contributed by atoms with van der Waals surface area (Å²) in [6.07, 6.45) is 1.78. The first kappa shape index (κ1) is 24.6. The van der Waals surface area contributed by atoms with E-state index in [0.29, 0.717) is 13.1 Å². The molecule has 9 heteroatoms. The van der Waals surface area contributed by atoms with Crippen molar-refractivity contribution in [2.24, 2.45) is 5.92 Å². The summed E-state index contributed by atoms with van der Waals surface area (Å²) in [5, 5.41) is 2.92. The maximum absolute atomic E-state index is 13.6.